The Kier molecular flexibility index (Phi) is 6.96. The average molecular weight is 438 g/mol. The predicted octanol–water partition coefficient (Wildman–Crippen LogP) is 3.65. The van der Waals surface area contributed by atoms with Crippen LogP contribution in [0.15, 0.2) is 30.5 Å². The van der Waals surface area contributed by atoms with Gasteiger partial charge in [0.15, 0.2) is 5.13 Å². The van der Waals surface area contributed by atoms with Gasteiger partial charge in [0, 0.05) is 17.8 Å². The molecule has 0 fully saturated rings. The van der Waals surface area contributed by atoms with Gasteiger partial charge in [0.05, 0.1) is 40.5 Å². The number of benzene rings is 1. The number of hydrogen-bond donors (Lipinski definition) is 4. The molecule has 0 radical (unpaired) electrons. The highest BCUT2D eigenvalue weighted by molar-refractivity contribution is 7.18. The third-order valence-corrected chi connectivity index (χ3v) is 5.14. The van der Waals surface area contributed by atoms with Crippen LogP contribution in [0.2, 0.25) is 5.02 Å². The molecule has 1 aromatic carbocycles. The van der Waals surface area contributed by atoms with Gasteiger partial charge in [0.25, 0.3) is 0 Å². The topological polar surface area (TPSA) is 103 Å². The molecule has 29 heavy (non-hydrogen) atoms. The van der Waals surface area contributed by atoms with Crippen LogP contribution in [-0.2, 0) is 0 Å². The number of halogens is 2. The Bertz CT molecular complexity index is 981. The zero-order valence-electron chi connectivity index (χ0n) is 15.9. The van der Waals surface area contributed by atoms with Crippen molar-refractivity contribution in [2.24, 2.45) is 0 Å². The molecule has 2 heterocycles. The van der Waals surface area contributed by atoms with Gasteiger partial charge < -0.3 is 20.8 Å². The summed E-state index contributed by atoms with van der Waals surface area (Å²) in [5.41, 5.74) is 1.60. The lowest BCUT2D eigenvalue weighted by molar-refractivity contribution is 0.203. The summed E-state index contributed by atoms with van der Waals surface area (Å²) in [5, 5.41) is 25.8. The second-order valence-corrected chi connectivity index (χ2v) is 8.06. The fourth-order valence-corrected chi connectivity index (χ4v) is 3.70. The summed E-state index contributed by atoms with van der Waals surface area (Å²) in [5.74, 6) is -0.239. The largest absolute Gasteiger partial charge is 0.394 e. The van der Waals surface area contributed by atoms with Crippen LogP contribution >= 0.6 is 22.9 Å². The minimum absolute atomic E-state index is 0.206. The predicted molar refractivity (Wildman–Crippen MR) is 114 cm³/mol. The molecule has 7 nitrogen and oxygen atoms in total. The van der Waals surface area contributed by atoms with E-state index in [0.717, 1.165) is 10.0 Å². The molecule has 0 amide bonds. The van der Waals surface area contributed by atoms with Crippen molar-refractivity contribution < 1.29 is 14.6 Å². The first-order valence-electron chi connectivity index (χ1n) is 8.95. The molecular weight excluding hydrogens is 417 g/mol. The van der Waals surface area contributed by atoms with Gasteiger partial charge in [0.1, 0.15) is 5.82 Å². The molecule has 0 aliphatic rings. The average Bonchev–Trinajstić information content (AvgIpc) is 3.13. The van der Waals surface area contributed by atoms with E-state index >= 15 is 0 Å². The van der Waals surface area contributed by atoms with Crippen LogP contribution in [0, 0.1) is 5.82 Å². The Hall–Kier alpha value is -2.33. The first-order valence-corrected chi connectivity index (χ1v) is 10.1. The zero-order chi connectivity index (χ0) is 21.0. The lowest BCUT2D eigenvalue weighted by Gasteiger charge is -2.15. The van der Waals surface area contributed by atoms with E-state index in [4.69, 9.17) is 11.6 Å². The summed E-state index contributed by atoms with van der Waals surface area (Å²) in [6, 6.07) is 5.41. The quantitative estimate of drug-likeness (QED) is 0.426. The van der Waals surface area contributed by atoms with Gasteiger partial charge in [-0.25, -0.2) is 19.3 Å². The molecule has 2 aromatic heterocycles. The van der Waals surface area contributed by atoms with Crippen LogP contribution < -0.4 is 10.6 Å². The van der Waals surface area contributed by atoms with E-state index in [2.05, 4.69) is 25.6 Å². The van der Waals surface area contributed by atoms with Gasteiger partial charge >= 0.3 is 0 Å². The molecule has 0 bridgehead atoms. The Labute approximate surface area is 176 Å². The van der Waals surface area contributed by atoms with Crippen LogP contribution in [-0.4, -0.2) is 50.5 Å². The molecule has 154 valence electrons. The second-order valence-electron chi connectivity index (χ2n) is 6.62. The Morgan fingerprint density at radius 3 is 2.48 bits per heavy atom. The molecular formula is C19H21ClFN5O2S. The highest BCUT2D eigenvalue weighted by Crippen LogP contribution is 2.33. The maximum Gasteiger partial charge on any atom is 0.224 e. The number of anilines is 2. The maximum absolute atomic E-state index is 13.5. The monoisotopic (exact) mass is 437 g/mol. The number of nitrogens with one attached hydrogen (secondary N) is 2. The fraction of sp³-hybridized carbons (Fsp3) is 0.316. The first kappa shape index (κ1) is 21.4. The van der Waals surface area contributed by atoms with Crippen molar-refractivity contribution in [3.05, 3.63) is 41.3 Å². The van der Waals surface area contributed by atoms with Gasteiger partial charge in [-0.3, -0.25) is 0 Å². The minimum atomic E-state index is -0.624. The fourth-order valence-electron chi connectivity index (χ4n) is 2.51. The van der Waals surface area contributed by atoms with Crippen molar-refractivity contribution in [3.63, 3.8) is 0 Å². The SMILES string of the molecule is CC(C)Nc1ncc(-c2cc(-c3ccc(F)cc3Cl)nc(NC(CO)CO)n2)s1. The lowest BCUT2D eigenvalue weighted by atomic mass is 10.1. The number of rotatable bonds is 8. The number of thiazole rings is 1. The molecule has 10 heteroatoms. The summed E-state index contributed by atoms with van der Waals surface area (Å²) in [4.78, 5) is 14.1. The van der Waals surface area contributed by atoms with E-state index in [1.54, 1.807) is 18.3 Å². The summed E-state index contributed by atoms with van der Waals surface area (Å²) in [7, 11) is 0. The number of hydrogen-bond acceptors (Lipinski definition) is 8. The molecule has 0 atom stereocenters. The minimum Gasteiger partial charge on any atom is -0.394 e. The Morgan fingerprint density at radius 2 is 1.83 bits per heavy atom. The number of aromatic nitrogens is 3. The van der Waals surface area contributed by atoms with E-state index in [0.29, 0.717) is 17.0 Å². The maximum atomic E-state index is 13.5. The molecule has 4 N–H and O–H groups in total. The van der Waals surface area contributed by atoms with E-state index in [9.17, 15) is 14.6 Å². The van der Waals surface area contributed by atoms with Crippen molar-refractivity contribution in [1.29, 1.82) is 0 Å². The van der Waals surface area contributed by atoms with Crippen molar-refractivity contribution in [1.82, 2.24) is 15.0 Å². The molecule has 0 saturated heterocycles. The van der Waals surface area contributed by atoms with Crippen molar-refractivity contribution in [2.45, 2.75) is 25.9 Å². The number of nitrogens with zero attached hydrogens (tertiary/aromatic N) is 3. The molecule has 3 rings (SSSR count). The van der Waals surface area contributed by atoms with Gasteiger partial charge in [-0.05, 0) is 38.1 Å². The van der Waals surface area contributed by atoms with Gasteiger partial charge in [0.2, 0.25) is 5.95 Å². The van der Waals surface area contributed by atoms with E-state index in [1.807, 2.05) is 13.8 Å². The summed E-state index contributed by atoms with van der Waals surface area (Å²) in [6.45, 7) is 3.46. The molecule has 0 spiro atoms. The van der Waals surface area contributed by atoms with E-state index in [1.165, 1.54) is 23.5 Å². The third-order valence-electron chi connectivity index (χ3n) is 3.88. The van der Waals surface area contributed by atoms with Gasteiger partial charge in [-0.15, -0.1) is 0 Å². The molecule has 0 aliphatic heterocycles. The van der Waals surface area contributed by atoms with Crippen LogP contribution in [0.3, 0.4) is 0 Å². The lowest BCUT2D eigenvalue weighted by Crippen LogP contribution is -2.28. The Morgan fingerprint density at radius 1 is 1.10 bits per heavy atom. The first-order chi connectivity index (χ1) is 13.9. The van der Waals surface area contributed by atoms with Crippen LogP contribution in [0.5, 0.6) is 0 Å². The molecule has 0 unspecified atom stereocenters. The van der Waals surface area contributed by atoms with Crippen molar-refractivity contribution in [2.75, 3.05) is 23.8 Å². The summed E-state index contributed by atoms with van der Waals surface area (Å²) in [6.07, 6.45) is 1.70. The highest BCUT2D eigenvalue weighted by Gasteiger charge is 2.16. The van der Waals surface area contributed by atoms with Gasteiger partial charge in [-0.1, -0.05) is 22.9 Å². The van der Waals surface area contributed by atoms with Crippen molar-refractivity contribution in [3.8, 4) is 21.8 Å². The molecule has 3 aromatic rings. The number of aliphatic hydroxyl groups is 2. The Balaban J connectivity index is 2.06. The van der Waals surface area contributed by atoms with Crippen LogP contribution in [0.4, 0.5) is 15.5 Å². The summed E-state index contributed by atoms with van der Waals surface area (Å²) >= 11 is 7.65. The molecule has 0 aliphatic carbocycles. The van der Waals surface area contributed by atoms with E-state index < -0.39 is 11.9 Å². The highest BCUT2D eigenvalue weighted by atomic mass is 35.5. The summed E-state index contributed by atoms with van der Waals surface area (Å²) < 4.78 is 13.5. The second kappa shape index (κ2) is 9.45. The molecule has 0 saturated carbocycles. The van der Waals surface area contributed by atoms with E-state index in [-0.39, 0.29) is 30.2 Å². The smallest absolute Gasteiger partial charge is 0.224 e. The third kappa shape index (κ3) is 5.39. The standard InChI is InChI=1S/C19H21ClFN5O2S/c1-10(2)23-19-22-7-17(29-19)16-6-15(13-4-3-11(21)5-14(13)20)25-18(26-16)24-12(8-27)9-28/h3-7,10,12,27-28H,8-9H2,1-2H3,(H,22,23)(H,24,25,26). The van der Waals surface area contributed by atoms with Gasteiger partial charge in [-0.2, -0.15) is 0 Å². The van der Waals surface area contributed by atoms with Crippen LogP contribution in [0.1, 0.15) is 13.8 Å². The zero-order valence-corrected chi connectivity index (χ0v) is 17.4. The van der Waals surface area contributed by atoms with Crippen molar-refractivity contribution >= 4 is 34.0 Å². The number of aliphatic hydroxyl groups excluding tert-OH is 2. The van der Waals surface area contributed by atoms with Crippen LogP contribution in [0.25, 0.3) is 21.8 Å². The normalized spacial score (nSPS) is 11.3.